The lowest BCUT2D eigenvalue weighted by Gasteiger charge is -2.05. The minimum atomic E-state index is -0.928. The average Bonchev–Trinajstić information content (AvgIpc) is 3.29. The minimum absolute atomic E-state index is 0. The summed E-state index contributed by atoms with van der Waals surface area (Å²) >= 11 is 23.1. The highest BCUT2D eigenvalue weighted by Gasteiger charge is 2.16. The van der Waals surface area contributed by atoms with Crippen LogP contribution in [0.4, 0.5) is 5.69 Å². The van der Waals surface area contributed by atoms with Crippen molar-refractivity contribution in [3.63, 3.8) is 0 Å². The number of nitrogens with one attached hydrogen (secondary N) is 1. The number of nitrogens with two attached hydrogens (primary N) is 1. The van der Waals surface area contributed by atoms with E-state index in [1.807, 2.05) is 6.92 Å². The lowest BCUT2D eigenvalue weighted by Crippen LogP contribution is -3.00. The van der Waals surface area contributed by atoms with Crippen molar-refractivity contribution in [3.05, 3.63) is 73.9 Å². The summed E-state index contributed by atoms with van der Waals surface area (Å²) in [6.07, 6.45) is -0.362. The van der Waals surface area contributed by atoms with E-state index in [9.17, 15) is 19.2 Å². The molecule has 0 spiro atoms. The van der Waals surface area contributed by atoms with Crippen LogP contribution in [0.1, 0.15) is 43.4 Å². The van der Waals surface area contributed by atoms with E-state index in [4.69, 9.17) is 57.0 Å². The molecule has 1 heterocycles. The first-order chi connectivity index (χ1) is 18.8. The molecular formula is C26H28Cl5N4O6-. The largest absolute Gasteiger partial charge is 1.00 e. The molecule has 224 valence electrons. The van der Waals surface area contributed by atoms with Crippen molar-refractivity contribution < 1.29 is 41.1 Å². The fourth-order valence-corrected chi connectivity index (χ4v) is 3.34. The predicted molar refractivity (Wildman–Crippen MR) is 155 cm³/mol. The number of hydrazine groups is 1. The van der Waals surface area contributed by atoms with Gasteiger partial charge in [-0.1, -0.05) is 46.4 Å². The molecule has 0 aliphatic carbocycles. The van der Waals surface area contributed by atoms with Gasteiger partial charge in [-0.2, -0.15) is 5.10 Å². The number of ketones is 2. The molecular weight excluding hydrogens is 642 g/mol. The van der Waals surface area contributed by atoms with Gasteiger partial charge in [-0.25, -0.2) is 14.3 Å². The van der Waals surface area contributed by atoms with Gasteiger partial charge in [0.25, 0.3) is 0 Å². The molecule has 15 heteroatoms. The van der Waals surface area contributed by atoms with Crippen molar-refractivity contribution in [1.82, 2.24) is 9.78 Å². The topological polar surface area (TPSA) is 143 Å². The fourth-order valence-electron chi connectivity index (χ4n) is 2.75. The maximum atomic E-state index is 11.6. The third kappa shape index (κ3) is 13.1. The molecule has 3 N–H and O–H groups in total. The number of halogens is 5. The second-order valence-electron chi connectivity index (χ2n) is 7.70. The summed E-state index contributed by atoms with van der Waals surface area (Å²) in [4.78, 5) is 43.2. The van der Waals surface area contributed by atoms with E-state index >= 15 is 0 Å². The van der Waals surface area contributed by atoms with Gasteiger partial charge in [0.05, 0.1) is 51.1 Å². The molecule has 0 saturated carbocycles. The molecule has 1 aromatic heterocycles. The summed E-state index contributed by atoms with van der Waals surface area (Å²) in [6.45, 7) is 6.91. The Hall–Kier alpha value is -2.86. The van der Waals surface area contributed by atoms with Crippen LogP contribution >= 0.6 is 46.4 Å². The van der Waals surface area contributed by atoms with Gasteiger partial charge >= 0.3 is 11.9 Å². The zero-order chi connectivity index (χ0) is 30.4. The Morgan fingerprint density at radius 3 is 1.93 bits per heavy atom. The number of aryl methyl sites for hydroxylation is 1. The number of nitrogen functional groups attached to an aromatic ring is 1. The number of carbonyl (C=O) groups is 4. The van der Waals surface area contributed by atoms with E-state index < -0.39 is 17.7 Å². The van der Waals surface area contributed by atoms with Crippen LogP contribution in [0.25, 0.3) is 5.69 Å². The van der Waals surface area contributed by atoms with Crippen molar-refractivity contribution in [1.29, 1.82) is 0 Å². The SMILES string of the molecule is CCOC(=O)C(=O)CC(C)=O.CCOC(=O)c1cc(C)n(-c2ccc(Cl)c(Cl)c2)n1.NNc1ccc(Cl)c(Cl)c1.[Cl-]. The van der Waals surface area contributed by atoms with E-state index in [-0.39, 0.29) is 36.9 Å². The van der Waals surface area contributed by atoms with Crippen molar-refractivity contribution >= 4 is 75.6 Å². The first kappa shape index (κ1) is 38.1. The predicted octanol–water partition coefficient (Wildman–Crippen LogP) is 3.04. The summed E-state index contributed by atoms with van der Waals surface area (Å²) in [5.74, 6) is 2.64. The zero-order valence-electron chi connectivity index (χ0n) is 22.5. The number of benzene rings is 2. The van der Waals surface area contributed by atoms with Crippen LogP contribution in [0.15, 0.2) is 42.5 Å². The highest BCUT2D eigenvalue weighted by Crippen LogP contribution is 2.25. The number of ether oxygens (including phenoxy) is 2. The molecule has 0 saturated heterocycles. The molecule has 0 fully saturated rings. The molecule has 3 aromatic rings. The van der Waals surface area contributed by atoms with Crippen LogP contribution in [-0.4, -0.2) is 46.5 Å². The molecule has 10 nitrogen and oxygen atoms in total. The van der Waals surface area contributed by atoms with Gasteiger partial charge in [-0.15, -0.1) is 0 Å². The van der Waals surface area contributed by atoms with Crippen LogP contribution in [0, 0.1) is 6.92 Å². The van der Waals surface area contributed by atoms with Gasteiger partial charge in [-0.3, -0.25) is 15.4 Å². The Morgan fingerprint density at radius 2 is 1.44 bits per heavy atom. The second-order valence-corrected chi connectivity index (χ2v) is 9.33. The van der Waals surface area contributed by atoms with Gasteiger partial charge < -0.3 is 27.3 Å². The van der Waals surface area contributed by atoms with Gasteiger partial charge in [-0.05, 0) is 70.2 Å². The quantitative estimate of drug-likeness (QED) is 0.122. The first-order valence-electron chi connectivity index (χ1n) is 11.6. The lowest BCUT2D eigenvalue weighted by molar-refractivity contribution is -0.154. The Labute approximate surface area is 263 Å². The van der Waals surface area contributed by atoms with E-state index in [2.05, 4.69) is 15.3 Å². The van der Waals surface area contributed by atoms with Crippen molar-refractivity contribution in [2.45, 2.75) is 34.1 Å². The number of hydrogen-bond acceptors (Lipinski definition) is 9. The van der Waals surface area contributed by atoms with Crippen LogP contribution in [0.2, 0.25) is 20.1 Å². The Kier molecular flexibility index (Phi) is 17.9. The van der Waals surface area contributed by atoms with Crippen molar-refractivity contribution in [3.8, 4) is 5.69 Å². The molecule has 0 radical (unpaired) electrons. The van der Waals surface area contributed by atoms with Gasteiger partial charge in [0.15, 0.2) is 5.69 Å². The molecule has 0 atom stereocenters. The van der Waals surface area contributed by atoms with Crippen LogP contribution in [0.5, 0.6) is 0 Å². The van der Waals surface area contributed by atoms with E-state index in [1.54, 1.807) is 61.0 Å². The minimum Gasteiger partial charge on any atom is -1.00 e. The zero-order valence-corrected chi connectivity index (χ0v) is 26.3. The number of Topliss-reactive ketones (excluding diaryl/α,β-unsaturated/α-hetero) is 2. The standard InChI is InChI=1S/C13H12Cl2N2O2.C7H10O4.C6H6Cl2N2.ClH/c1-3-19-13(18)12-6-8(2)17(16-12)9-4-5-10(14)11(15)7-9;1-3-11-7(10)6(9)4-5(2)8;7-5-2-1-4(10-9)3-6(5)8;/h4-7H,3H2,1-2H3;3-4H2,1-2H3;1-3,10H,9H2;1H/p-1. The third-order valence-electron chi connectivity index (χ3n) is 4.52. The van der Waals surface area contributed by atoms with Crippen LogP contribution in [-0.2, 0) is 23.9 Å². The Balaban J connectivity index is 0.000000626. The summed E-state index contributed by atoms with van der Waals surface area (Å²) in [5.41, 5.74) is 5.01. The average molecular weight is 670 g/mol. The first-order valence-corrected chi connectivity index (χ1v) is 13.2. The van der Waals surface area contributed by atoms with E-state index in [0.717, 1.165) is 17.1 Å². The molecule has 0 aliphatic heterocycles. The van der Waals surface area contributed by atoms with Crippen LogP contribution < -0.4 is 23.7 Å². The maximum absolute atomic E-state index is 11.6. The second kappa shape index (κ2) is 19.3. The van der Waals surface area contributed by atoms with Gasteiger partial charge in [0, 0.05) is 5.69 Å². The van der Waals surface area contributed by atoms with Crippen molar-refractivity contribution in [2.24, 2.45) is 5.84 Å². The molecule has 0 unspecified atom stereocenters. The summed E-state index contributed by atoms with van der Waals surface area (Å²) in [6, 6.07) is 11.9. The number of rotatable bonds is 8. The monoisotopic (exact) mass is 667 g/mol. The number of esters is 2. The highest BCUT2D eigenvalue weighted by atomic mass is 35.5. The third-order valence-corrected chi connectivity index (χ3v) is 6.00. The summed E-state index contributed by atoms with van der Waals surface area (Å²) in [5, 5.41) is 6.15. The highest BCUT2D eigenvalue weighted by molar-refractivity contribution is 6.42. The summed E-state index contributed by atoms with van der Waals surface area (Å²) in [7, 11) is 0. The number of hydrogen-bond donors (Lipinski definition) is 2. The lowest BCUT2D eigenvalue weighted by atomic mass is 10.2. The molecule has 0 amide bonds. The maximum Gasteiger partial charge on any atom is 0.375 e. The Bertz CT molecular complexity index is 1350. The fraction of sp³-hybridized carbons (Fsp3) is 0.269. The smallest absolute Gasteiger partial charge is 0.375 e. The number of carbonyl (C=O) groups excluding carboxylic acids is 4. The molecule has 2 aromatic carbocycles. The number of nitrogens with zero attached hydrogens (tertiary/aromatic N) is 2. The number of anilines is 1. The van der Waals surface area contributed by atoms with Crippen molar-refractivity contribution in [2.75, 3.05) is 18.6 Å². The molecule has 0 bridgehead atoms. The Morgan fingerprint density at radius 1 is 0.878 bits per heavy atom. The van der Waals surface area contributed by atoms with E-state index in [1.165, 1.54) is 6.92 Å². The van der Waals surface area contributed by atoms with Gasteiger partial charge in [0.2, 0.25) is 5.78 Å². The molecule has 3 rings (SSSR count). The number of aromatic nitrogens is 2. The van der Waals surface area contributed by atoms with Crippen LogP contribution in [0.3, 0.4) is 0 Å². The molecule has 41 heavy (non-hydrogen) atoms. The normalized spacial score (nSPS) is 9.59. The molecule has 0 aliphatic rings. The summed E-state index contributed by atoms with van der Waals surface area (Å²) < 4.78 is 10.9. The van der Waals surface area contributed by atoms with E-state index in [0.29, 0.717) is 26.7 Å². The van der Waals surface area contributed by atoms with Gasteiger partial charge in [0.1, 0.15) is 5.78 Å².